The molecule has 1 saturated carbocycles. The molecule has 3 aromatic heterocycles. The number of thiophene rings is 1. The van der Waals surface area contributed by atoms with Gasteiger partial charge in [-0.05, 0) is 88.5 Å². The second-order valence-electron chi connectivity index (χ2n) is 12.2. The van der Waals surface area contributed by atoms with E-state index in [1.807, 2.05) is 42.3 Å². The van der Waals surface area contributed by atoms with Crippen LogP contribution in [0.25, 0.3) is 0 Å². The molecule has 3 aromatic rings. The SMILES string of the molecule is Cc1cc(C)c(CN2CCc3sc([C@H](C)C4CCC(N5CC(n6nccc6C)C5)CC4)c(C)c3C2=O)c(=O)[nH]1. The summed E-state index contributed by atoms with van der Waals surface area (Å²) in [6, 6.07) is 5.31. The number of amides is 1. The van der Waals surface area contributed by atoms with Crippen molar-refractivity contribution in [2.75, 3.05) is 19.6 Å². The van der Waals surface area contributed by atoms with Gasteiger partial charge in [0, 0.05) is 65.0 Å². The molecule has 1 atom stereocenters. The van der Waals surface area contributed by atoms with Crippen LogP contribution >= 0.6 is 11.3 Å². The maximum atomic E-state index is 13.6. The third-order valence-electron chi connectivity index (χ3n) is 9.69. The van der Waals surface area contributed by atoms with Gasteiger partial charge in [-0.15, -0.1) is 11.3 Å². The molecule has 1 N–H and O–H groups in total. The van der Waals surface area contributed by atoms with Crippen molar-refractivity contribution < 1.29 is 4.79 Å². The largest absolute Gasteiger partial charge is 0.334 e. The zero-order valence-electron chi connectivity index (χ0n) is 23.9. The van der Waals surface area contributed by atoms with E-state index in [0.29, 0.717) is 42.6 Å². The molecule has 5 heterocycles. The van der Waals surface area contributed by atoms with Crippen LogP contribution in [0.1, 0.15) is 92.8 Å². The summed E-state index contributed by atoms with van der Waals surface area (Å²) in [4.78, 5) is 36.3. The topological polar surface area (TPSA) is 74.2 Å². The van der Waals surface area contributed by atoms with Gasteiger partial charge in [0.1, 0.15) is 0 Å². The van der Waals surface area contributed by atoms with Gasteiger partial charge in [-0.1, -0.05) is 6.92 Å². The van der Waals surface area contributed by atoms with E-state index < -0.39 is 0 Å². The Bertz CT molecular complexity index is 1440. The standard InChI is InChI=1S/C31H41N5O2S/c1-18-14-19(2)33-30(37)26(18)17-34-13-11-27-28(31(34)38)22(5)29(39-27)21(4)23-6-8-24(9-7-23)35-15-25(16-35)36-20(3)10-12-32-36/h10,12,14,21,23-25H,6-9,11,13,15-17H2,1-5H3,(H,33,37)/t21-,23?,24?/m1/s1. The molecule has 0 unspecified atom stereocenters. The van der Waals surface area contributed by atoms with E-state index in [2.05, 4.69) is 46.5 Å². The van der Waals surface area contributed by atoms with Gasteiger partial charge in [0.2, 0.25) is 0 Å². The van der Waals surface area contributed by atoms with Crippen LogP contribution < -0.4 is 5.56 Å². The Balaban J connectivity index is 1.09. The van der Waals surface area contributed by atoms with E-state index in [-0.39, 0.29) is 11.5 Å². The number of likely N-dealkylation sites (tertiary alicyclic amines) is 1. The van der Waals surface area contributed by atoms with E-state index in [9.17, 15) is 9.59 Å². The second-order valence-corrected chi connectivity index (χ2v) is 13.3. The number of rotatable bonds is 6. The quantitative estimate of drug-likeness (QED) is 0.456. The fraction of sp³-hybridized carbons (Fsp3) is 0.581. The molecule has 39 heavy (non-hydrogen) atoms. The van der Waals surface area contributed by atoms with E-state index in [1.165, 1.54) is 46.7 Å². The van der Waals surface area contributed by atoms with Gasteiger partial charge in [0.15, 0.2) is 0 Å². The summed E-state index contributed by atoms with van der Waals surface area (Å²) in [6.45, 7) is 13.8. The Labute approximate surface area is 235 Å². The second kappa shape index (κ2) is 10.4. The van der Waals surface area contributed by atoms with Crippen LogP contribution in [0, 0.1) is 33.6 Å². The molecule has 7 nitrogen and oxygen atoms in total. The van der Waals surface area contributed by atoms with Crippen molar-refractivity contribution >= 4 is 17.2 Å². The number of hydrogen-bond acceptors (Lipinski definition) is 5. The first-order valence-corrected chi connectivity index (χ1v) is 15.4. The van der Waals surface area contributed by atoms with Gasteiger partial charge in [-0.25, -0.2) is 0 Å². The number of aryl methyl sites for hydroxylation is 3. The van der Waals surface area contributed by atoms with Gasteiger partial charge >= 0.3 is 0 Å². The number of carbonyl (C=O) groups excluding carboxylic acids is 1. The van der Waals surface area contributed by atoms with Crippen molar-refractivity contribution in [3.63, 3.8) is 0 Å². The summed E-state index contributed by atoms with van der Waals surface area (Å²) in [7, 11) is 0. The molecule has 1 aliphatic carbocycles. The zero-order chi connectivity index (χ0) is 27.4. The Hall–Kier alpha value is -2.71. The maximum Gasteiger partial charge on any atom is 0.255 e. The predicted molar refractivity (Wildman–Crippen MR) is 156 cm³/mol. The normalized spacial score (nSPS) is 23.1. The molecular formula is C31H41N5O2S. The highest BCUT2D eigenvalue weighted by atomic mass is 32.1. The molecule has 1 amide bonds. The summed E-state index contributed by atoms with van der Waals surface area (Å²) in [5.74, 6) is 1.23. The average molecular weight is 548 g/mol. The number of aromatic nitrogens is 3. The smallest absolute Gasteiger partial charge is 0.255 e. The Kier molecular flexibility index (Phi) is 7.04. The van der Waals surface area contributed by atoms with Crippen molar-refractivity contribution in [3.05, 3.63) is 72.1 Å². The number of nitrogens with zero attached hydrogens (tertiary/aromatic N) is 4. The van der Waals surface area contributed by atoms with E-state index in [0.717, 1.165) is 36.3 Å². The number of nitrogens with one attached hydrogen (secondary N) is 1. The number of carbonyl (C=O) groups is 1. The monoisotopic (exact) mass is 547 g/mol. The molecule has 0 radical (unpaired) electrons. The molecule has 8 heteroatoms. The fourth-order valence-corrected chi connectivity index (χ4v) is 8.72. The van der Waals surface area contributed by atoms with Crippen LogP contribution in [0.15, 0.2) is 23.1 Å². The molecular weight excluding hydrogens is 506 g/mol. The van der Waals surface area contributed by atoms with Gasteiger partial charge in [0.25, 0.3) is 11.5 Å². The Morgan fingerprint density at radius 2 is 1.82 bits per heavy atom. The minimum absolute atomic E-state index is 0.0803. The summed E-state index contributed by atoms with van der Waals surface area (Å²) >= 11 is 1.87. The number of fused-ring (bicyclic) bond motifs is 1. The summed E-state index contributed by atoms with van der Waals surface area (Å²) in [5.41, 5.74) is 5.76. The third-order valence-corrected chi connectivity index (χ3v) is 11.2. The Morgan fingerprint density at radius 3 is 2.49 bits per heavy atom. The van der Waals surface area contributed by atoms with Crippen LogP contribution in [0.3, 0.4) is 0 Å². The van der Waals surface area contributed by atoms with Gasteiger partial charge in [-0.2, -0.15) is 5.10 Å². The Morgan fingerprint density at radius 1 is 1.08 bits per heavy atom. The summed E-state index contributed by atoms with van der Waals surface area (Å²) < 4.78 is 2.19. The molecule has 0 spiro atoms. The van der Waals surface area contributed by atoms with Crippen LogP contribution in [0.5, 0.6) is 0 Å². The van der Waals surface area contributed by atoms with Crippen LogP contribution in [-0.4, -0.2) is 56.1 Å². The lowest BCUT2D eigenvalue weighted by atomic mass is 9.76. The first-order valence-electron chi connectivity index (χ1n) is 14.6. The van der Waals surface area contributed by atoms with E-state index in [1.54, 1.807) is 0 Å². The molecule has 3 aliphatic rings. The molecule has 6 rings (SSSR count). The van der Waals surface area contributed by atoms with Crippen LogP contribution in [0.4, 0.5) is 0 Å². The van der Waals surface area contributed by atoms with Crippen molar-refractivity contribution in [2.24, 2.45) is 5.92 Å². The number of hydrogen-bond donors (Lipinski definition) is 1. The number of pyridine rings is 1. The van der Waals surface area contributed by atoms with Gasteiger partial charge in [0.05, 0.1) is 18.2 Å². The molecule has 2 aliphatic heterocycles. The van der Waals surface area contributed by atoms with Crippen molar-refractivity contribution in [1.29, 1.82) is 0 Å². The predicted octanol–water partition coefficient (Wildman–Crippen LogP) is 5.28. The van der Waals surface area contributed by atoms with Crippen LogP contribution in [-0.2, 0) is 13.0 Å². The number of H-pyrrole nitrogens is 1. The minimum Gasteiger partial charge on any atom is -0.334 e. The first-order chi connectivity index (χ1) is 18.7. The molecule has 208 valence electrons. The first kappa shape index (κ1) is 26.5. The highest BCUT2D eigenvalue weighted by molar-refractivity contribution is 7.12. The summed E-state index contributed by atoms with van der Waals surface area (Å²) in [6.07, 6.45) is 7.83. The lowest BCUT2D eigenvalue weighted by molar-refractivity contribution is 0.0262. The third kappa shape index (κ3) is 4.80. The van der Waals surface area contributed by atoms with E-state index >= 15 is 0 Å². The fourth-order valence-electron chi connectivity index (χ4n) is 7.28. The molecule has 1 saturated heterocycles. The minimum atomic E-state index is -0.0803. The average Bonchev–Trinajstić information content (AvgIpc) is 3.45. The lowest BCUT2D eigenvalue weighted by Crippen LogP contribution is -2.54. The number of aromatic amines is 1. The van der Waals surface area contributed by atoms with Crippen LogP contribution in [0.2, 0.25) is 0 Å². The van der Waals surface area contributed by atoms with E-state index in [4.69, 9.17) is 0 Å². The zero-order valence-corrected chi connectivity index (χ0v) is 24.7. The highest BCUT2D eigenvalue weighted by Crippen LogP contribution is 2.44. The van der Waals surface area contributed by atoms with Crippen molar-refractivity contribution in [3.8, 4) is 0 Å². The van der Waals surface area contributed by atoms with Crippen molar-refractivity contribution in [1.82, 2.24) is 24.6 Å². The van der Waals surface area contributed by atoms with Crippen molar-refractivity contribution in [2.45, 2.75) is 91.3 Å². The lowest BCUT2D eigenvalue weighted by Gasteiger charge is -2.47. The highest BCUT2D eigenvalue weighted by Gasteiger charge is 2.38. The molecule has 0 aromatic carbocycles. The van der Waals surface area contributed by atoms with Gasteiger partial charge < -0.3 is 9.88 Å². The van der Waals surface area contributed by atoms with Gasteiger partial charge in [-0.3, -0.25) is 19.2 Å². The maximum absolute atomic E-state index is 13.6. The molecule has 0 bridgehead atoms. The summed E-state index contributed by atoms with van der Waals surface area (Å²) in [5, 5.41) is 4.51. The molecule has 2 fully saturated rings.